The summed E-state index contributed by atoms with van der Waals surface area (Å²) >= 11 is 11.8. The Bertz CT molecular complexity index is 559. The summed E-state index contributed by atoms with van der Waals surface area (Å²) in [6.07, 6.45) is 0. The number of carbonyl (C=O) groups excluding carboxylic acids is 1. The molecule has 0 spiro atoms. The molecule has 0 fully saturated rings. The average molecular weight is 280 g/mol. The second kappa shape index (κ2) is 5.42. The molecule has 2 aromatic rings. The summed E-state index contributed by atoms with van der Waals surface area (Å²) in [4.78, 5) is 12.0. The molecule has 0 atom stereocenters. The summed E-state index contributed by atoms with van der Waals surface area (Å²) in [6.45, 7) is 1.89. The molecule has 2 rings (SSSR count). The molecule has 4 heteroatoms. The van der Waals surface area contributed by atoms with Crippen LogP contribution in [0.3, 0.4) is 0 Å². The Morgan fingerprint density at radius 3 is 2.33 bits per heavy atom. The molecule has 0 radical (unpaired) electrons. The number of halogens is 2. The van der Waals surface area contributed by atoms with Crippen molar-refractivity contribution in [2.24, 2.45) is 0 Å². The van der Waals surface area contributed by atoms with Crippen molar-refractivity contribution in [2.45, 2.75) is 6.92 Å². The summed E-state index contributed by atoms with van der Waals surface area (Å²) in [5, 5.41) is 3.92. The van der Waals surface area contributed by atoms with Crippen molar-refractivity contribution < 1.29 is 4.79 Å². The minimum absolute atomic E-state index is 0.206. The van der Waals surface area contributed by atoms with Gasteiger partial charge in [0.15, 0.2) is 0 Å². The number of carbonyl (C=O) groups is 1. The van der Waals surface area contributed by atoms with E-state index in [1.807, 2.05) is 19.1 Å². The summed E-state index contributed by atoms with van der Waals surface area (Å²) in [5.74, 6) is -0.206. The molecule has 1 N–H and O–H groups in total. The van der Waals surface area contributed by atoms with Crippen molar-refractivity contribution in [1.29, 1.82) is 0 Å². The lowest BCUT2D eigenvalue weighted by molar-refractivity contribution is 0.102. The van der Waals surface area contributed by atoms with Crippen LogP contribution in [-0.2, 0) is 0 Å². The van der Waals surface area contributed by atoms with Crippen LogP contribution in [0.4, 0.5) is 5.69 Å². The first-order chi connectivity index (χ1) is 8.58. The number of hydrogen-bond acceptors (Lipinski definition) is 1. The predicted molar refractivity (Wildman–Crippen MR) is 75.6 cm³/mol. The Balaban J connectivity index is 2.24. The van der Waals surface area contributed by atoms with Crippen molar-refractivity contribution in [3.63, 3.8) is 0 Å². The number of hydrogen-bond donors (Lipinski definition) is 1. The molecule has 0 saturated carbocycles. The third kappa shape index (κ3) is 2.84. The maximum atomic E-state index is 12.0. The van der Waals surface area contributed by atoms with E-state index in [1.54, 1.807) is 30.3 Å². The quantitative estimate of drug-likeness (QED) is 0.858. The summed E-state index contributed by atoms with van der Waals surface area (Å²) in [5.41, 5.74) is 2.10. The smallest absolute Gasteiger partial charge is 0.255 e. The van der Waals surface area contributed by atoms with Gasteiger partial charge in [0, 0.05) is 10.6 Å². The molecular weight excluding hydrogens is 269 g/mol. The largest absolute Gasteiger partial charge is 0.320 e. The molecule has 0 bridgehead atoms. The number of rotatable bonds is 2. The normalized spacial score (nSPS) is 10.2. The molecule has 1 amide bonds. The first-order valence-corrected chi connectivity index (χ1v) is 6.15. The van der Waals surface area contributed by atoms with Crippen molar-refractivity contribution in [2.75, 3.05) is 5.32 Å². The molecule has 0 aromatic heterocycles. The highest BCUT2D eigenvalue weighted by Gasteiger charge is 2.10. The van der Waals surface area contributed by atoms with Gasteiger partial charge < -0.3 is 5.32 Å². The lowest BCUT2D eigenvalue weighted by atomic mass is 10.1. The number of aryl methyl sites for hydroxylation is 1. The van der Waals surface area contributed by atoms with E-state index < -0.39 is 0 Å². The highest BCUT2D eigenvalue weighted by molar-refractivity contribution is 6.34. The number of para-hydroxylation sites is 1. The van der Waals surface area contributed by atoms with Crippen LogP contribution >= 0.6 is 23.2 Å². The SMILES string of the molecule is Cc1cccc(Cl)c1NC(=O)c1ccc(Cl)cc1. The zero-order valence-corrected chi connectivity index (χ0v) is 11.2. The zero-order chi connectivity index (χ0) is 13.1. The highest BCUT2D eigenvalue weighted by atomic mass is 35.5. The Morgan fingerprint density at radius 2 is 1.72 bits per heavy atom. The van der Waals surface area contributed by atoms with Crippen LogP contribution in [0.15, 0.2) is 42.5 Å². The van der Waals surface area contributed by atoms with E-state index >= 15 is 0 Å². The van der Waals surface area contributed by atoms with Gasteiger partial charge in [0.1, 0.15) is 0 Å². The van der Waals surface area contributed by atoms with E-state index in [0.717, 1.165) is 5.56 Å². The van der Waals surface area contributed by atoms with Crippen LogP contribution in [0.5, 0.6) is 0 Å². The topological polar surface area (TPSA) is 29.1 Å². The van der Waals surface area contributed by atoms with Crippen LogP contribution in [0, 0.1) is 6.92 Å². The molecule has 92 valence electrons. The Morgan fingerprint density at radius 1 is 1.06 bits per heavy atom. The van der Waals surface area contributed by atoms with Gasteiger partial charge in [-0.1, -0.05) is 35.3 Å². The maximum Gasteiger partial charge on any atom is 0.255 e. The molecular formula is C14H11Cl2NO. The van der Waals surface area contributed by atoms with Crippen molar-refractivity contribution in [3.8, 4) is 0 Å². The minimum Gasteiger partial charge on any atom is -0.320 e. The molecule has 18 heavy (non-hydrogen) atoms. The average Bonchev–Trinajstić information content (AvgIpc) is 2.34. The van der Waals surface area contributed by atoms with E-state index in [1.165, 1.54) is 0 Å². The minimum atomic E-state index is -0.206. The van der Waals surface area contributed by atoms with Crippen LogP contribution in [0.2, 0.25) is 10.0 Å². The molecule has 0 aliphatic carbocycles. The first kappa shape index (κ1) is 12.9. The molecule has 0 heterocycles. The number of nitrogens with one attached hydrogen (secondary N) is 1. The summed E-state index contributed by atoms with van der Waals surface area (Å²) < 4.78 is 0. The Hall–Kier alpha value is -1.51. The van der Waals surface area contributed by atoms with Crippen LogP contribution in [-0.4, -0.2) is 5.91 Å². The van der Waals surface area contributed by atoms with Crippen LogP contribution in [0.25, 0.3) is 0 Å². The summed E-state index contributed by atoms with van der Waals surface area (Å²) in [6, 6.07) is 12.2. The van der Waals surface area contributed by atoms with E-state index in [2.05, 4.69) is 5.32 Å². The second-order valence-electron chi connectivity index (χ2n) is 3.89. The van der Waals surface area contributed by atoms with E-state index in [9.17, 15) is 4.79 Å². The lowest BCUT2D eigenvalue weighted by Gasteiger charge is -2.10. The third-order valence-electron chi connectivity index (χ3n) is 2.57. The fraction of sp³-hybridized carbons (Fsp3) is 0.0714. The van der Waals surface area contributed by atoms with Crippen molar-refractivity contribution >= 4 is 34.8 Å². The van der Waals surface area contributed by atoms with Crippen molar-refractivity contribution in [1.82, 2.24) is 0 Å². The van der Waals surface area contributed by atoms with Gasteiger partial charge in [-0.3, -0.25) is 4.79 Å². The van der Waals surface area contributed by atoms with E-state index in [-0.39, 0.29) is 5.91 Å². The molecule has 0 unspecified atom stereocenters. The van der Waals surface area contributed by atoms with Gasteiger partial charge in [0.25, 0.3) is 5.91 Å². The first-order valence-electron chi connectivity index (χ1n) is 5.40. The zero-order valence-electron chi connectivity index (χ0n) is 9.71. The highest BCUT2D eigenvalue weighted by Crippen LogP contribution is 2.25. The number of amides is 1. The molecule has 0 saturated heterocycles. The van der Waals surface area contributed by atoms with Crippen LogP contribution < -0.4 is 5.32 Å². The van der Waals surface area contributed by atoms with Crippen molar-refractivity contribution in [3.05, 3.63) is 63.6 Å². The van der Waals surface area contributed by atoms with Gasteiger partial charge in [0.2, 0.25) is 0 Å². The predicted octanol–water partition coefficient (Wildman–Crippen LogP) is 4.55. The molecule has 2 nitrogen and oxygen atoms in total. The van der Waals surface area contributed by atoms with Gasteiger partial charge in [-0.15, -0.1) is 0 Å². The van der Waals surface area contributed by atoms with Crippen LogP contribution in [0.1, 0.15) is 15.9 Å². The maximum absolute atomic E-state index is 12.0. The molecule has 2 aromatic carbocycles. The van der Waals surface area contributed by atoms with Gasteiger partial charge >= 0.3 is 0 Å². The summed E-state index contributed by atoms with van der Waals surface area (Å²) in [7, 11) is 0. The Labute approximate surface area is 116 Å². The second-order valence-corrected chi connectivity index (χ2v) is 4.74. The van der Waals surface area contributed by atoms with Gasteiger partial charge in [0.05, 0.1) is 10.7 Å². The standard InChI is InChI=1S/C14H11Cl2NO/c1-9-3-2-4-12(16)13(9)17-14(18)10-5-7-11(15)8-6-10/h2-8H,1H3,(H,17,18). The van der Waals surface area contributed by atoms with Gasteiger partial charge in [-0.05, 0) is 42.8 Å². The third-order valence-corrected chi connectivity index (χ3v) is 3.13. The van der Waals surface area contributed by atoms with E-state index in [4.69, 9.17) is 23.2 Å². The number of anilines is 1. The number of benzene rings is 2. The van der Waals surface area contributed by atoms with Gasteiger partial charge in [-0.2, -0.15) is 0 Å². The fourth-order valence-electron chi connectivity index (χ4n) is 1.58. The lowest BCUT2D eigenvalue weighted by Crippen LogP contribution is -2.12. The monoisotopic (exact) mass is 279 g/mol. The molecule has 0 aliphatic heterocycles. The fourth-order valence-corrected chi connectivity index (χ4v) is 1.97. The van der Waals surface area contributed by atoms with E-state index in [0.29, 0.717) is 21.3 Å². The molecule has 0 aliphatic rings. The Kier molecular flexibility index (Phi) is 3.90. The van der Waals surface area contributed by atoms with Gasteiger partial charge in [-0.25, -0.2) is 0 Å².